The zero-order chi connectivity index (χ0) is 14.7. The summed E-state index contributed by atoms with van der Waals surface area (Å²) in [7, 11) is 0. The second-order valence-corrected chi connectivity index (χ2v) is 6.52. The summed E-state index contributed by atoms with van der Waals surface area (Å²) < 4.78 is 0. The van der Waals surface area contributed by atoms with Gasteiger partial charge in [0.25, 0.3) is 0 Å². The Labute approximate surface area is 132 Å². The van der Waals surface area contributed by atoms with E-state index in [2.05, 4.69) is 48.6 Å². The second kappa shape index (κ2) is 6.64. The summed E-state index contributed by atoms with van der Waals surface area (Å²) in [6.45, 7) is 3.20. The molecule has 1 nitrogen and oxygen atoms in total. The molecule has 1 atom stereocenters. The Morgan fingerprint density at radius 1 is 1.10 bits per heavy atom. The molecule has 0 bridgehead atoms. The summed E-state index contributed by atoms with van der Waals surface area (Å²) >= 11 is 5.93. The monoisotopic (exact) mass is 299 g/mol. The largest absolute Gasteiger partial charge is 0.310 e. The van der Waals surface area contributed by atoms with Gasteiger partial charge in [-0.3, -0.25) is 0 Å². The van der Waals surface area contributed by atoms with Crippen LogP contribution in [0.3, 0.4) is 0 Å². The molecule has 0 radical (unpaired) electrons. The molecule has 1 N–H and O–H groups in total. The number of rotatable bonds is 6. The van der Waals surface area contributed by atoms with Gasteiger partial charge in [0.05, 0.1) is 0 Å². The number of halogens is 1. The van der Waals surface area contributed by atoms with Gasteiger partial charge in [-0.1, -0.05) is 48.0 Å². The van der Waals surface area contributed by atoms with E-state index < -0.39 is 0 Å². The summed E-state index contributed by atoms with van der Waals surface area (Å²) in [4.78, 5) is 0. The lowest BCUT2D eigenvalue weighted by molar-refractivity contribution is 0.543. The first kappa shape index (κ1) is 14.6. The molecule has 2 aromatic rings. The van der Waals surface area contributed by atoms with Gasteiger partial charge in [0, 0.05) is 17.6 Å². The van der Waals surface area contributed by atoms with Crippen molar-refractivity contribution >= 4 is 11.6 Å². The maximum absolute atomic E-state index is 5.93. The van der Waals surface area contributed by atoms with Crippen LogP contribution in [0.4, 0.5) is 0 Å². The molecule has 0 heterocycles. The van der Waals surface area contributed by atoms with Gasteiger partial charge < -0.3 is 5.32 Å². The van der Waals surface area contributed by atoms with Crippen LogP contribution in [0.15, 0.2) is 48.5 Å². The molecule has 3 rings (SSSR count). The number of hydrogen-bond acceptors (Lipinski definition) is 1. The minimum Gasteiger partial charge on any atom is -0.310 e. The smallest absolute Gasteiger partial charge is 0.0406 e. The van der Waals surface area contributed by atoms with E-state index in [0.29, 0.717) is 6.04 Å². The van der Waals surface area contributed by atoms with E-state index in [0.717, 1.165) is 23.9 Å². The van der Waals surface area contributed by atoms with Crippen molar-refractivity contribution in [3.8, 4) is 0 Å². The molecule has 1 aliphatic rings. The van der Waals surface area contributed by atoms with E-state index in [9.17, 15) is 0 Å². The Bertz CT molecular complexity index is 587. The standard InChI is InChI=1S/C19H22ClN/c1-14(12-15-6-10-18(20)11-7-15)21-13-17-4-2-3-5-19(17)16-8-9-16/h2-7,10-11,14,16,21H,8-9,12-13H2,1H3. The molecular weight excluding hydrogens is 278 g/mol. The number of benzene rings is 2. The fourth-order valence-corrected chi connectivity index (χ4v) is 2.94. The molecule has 21 heavy (non-hydrogen) atoms. The minimum atomic E-state index is 0.457. The Morgan fingerprint density at radius 2 is 1.81 bits per heavy atom. The Balaban J connectivity index is 1.56. The van der Waals surface area contributed by atoms with Crippen LogP contribution in [0, 0.1) is 0 Å². The number of nitrogens with one attached hydrogen (secondary N) is 1. The van der Waals surface area contributed by atoms with E-state index in [-0.39, 0.29) is 0 Å². The molecule has 2 aromatic carbocycles. The first-order valence-corrected chi connectivity index (χ1v) is 8.16. The molecule has 0 spiro atoms. The lowest BCUT2D eigenvalue weighted by Gasteiger charge is -2.16. The molecule has 2 heteroatoms. The van der Waals surface area contributed by atoms with Crippen LogP contribution in [0.5, 0.6) is 0 Å². The van der Waals surface area contributed by atoms with Gasteiger partial charge in [-0.2, -0.15) is 0 Å². The molecule has 1 fully saturated rings. The Morgan fingerprint density at radius 3 is 2.52 bits per heavy atom. The highest BCUT2D eigenvalue weighted by Gasteiger charge is 2.25. The van der Waals surface area contributed by atoms with Crippen molar-refractivity contribution in [1.29, 1.82) is 0 Å². The van der Waals surface area contributed by atoms with Crippen LogP contribution in [0.2, 0.25) is 5.02 Å². The minimum absolute atomic E-state index is 0.457. The lowest BCUT2D eigenvalue weighted by Crippen LogP contribution is -2.27. The third-order valence-corrected chi connectivity index (χ3v) is 4.42. The quantitative estimate of drug-likeness (QED) is 0.797. The summed E-state index contributed by atoms with van der Waals surface area (Å²) in [6, 6.07) is 17.5. The fraction of sp³-hybridized carbons (Fsp3) is 0.368. The van der Waals surface area contributed by atoms with E-state index in [4.69, 9.17) is 11.6 Å². The van der Waals surface area contributed by atoms with Gasteiger partial charge >= 0.3 is 0 Å². The molecular formula is C19H22ClN. The van der Waals surface area contributed by atoms with Gasteiger partial charge in [0.2, 0.25) is 0 Å². The van der Waals surface area contributed by atoms with Crippen LogP contribution in [-0.2, 0) is 13.0 Å². The summed E-state index contributed by atoms with van der Waals surface area (Å²) in [5, 5.41) is 4.46. The van der Waals surface area contributed by atoms with Gasteiger partial charge in [-0.25, -0.2) is 0 Å². The molecule has 0 aliphatic heterocycles. The first-order chi connectivity index (χ1) is 10.2. The molecule has 1 saturated carbocycles. The molecule has 0 saturated heterocycles. The SMILES string of the molecule is CC(Cc1ccc(Cl)cc1)NCc1ccccc1C1CC1. The van der Waals surface area contributed by atoms with Crippen LogP contribution >= 0.6 is 11.6 Å². The van der Waals surface area contributed by atoms with Crippen LogP contribution in [0.1, 0.15) is 42.4 Å². The maximum atomic E-state index is 5.93. The predicted molar refractivity (Wildman–Crippen MR) is 89.9 cm³/mol. The van der Waals surface area contributed by atoms with Gasteiger partial charge in [-0.15, -0.1) is 0 Å². The van der Waals surface area contributed by atoms with E-state index in [1.807, 2.05) is 12.1 Å². The fourth-order valence-electron chi connectivity index (χ4n) is 2.82. The van der Waals surface area contributed by atoms with Crippen LogP contribution < -0.4 is 5.32 Å². The predicted octanol–water partition coefficient (Wildman–Crippen LogP) is 4.94. The molecule has 110 valence electrons. The average molecular weight is 300 g/mol. The van der Waals surface area contributed by atoms with Crippen molar-refractivity contribution in [3.05, 3.63) is 70.2 Å². The molecule has 1 unspecified atom stereocenters. The second-order valence-electron chi connectivity index (χ2n) is 6.09. The van der Waals surface area contributed by atoms with E-state index in [1.165, 1.54) is 24.0 Å². The Kier molecular flexibility index (Phi) is 4.62. The summed E-state index contributed by atoms with van der Waals surface area (Å²) in [5.41, 5.74) is 4.33. The van der Waals surface area contributed by atoms with Crippen molar-refractivity contribution in [2.75, 3.05) is 0 Å². The topological polar surface area (TPSA) is 12.0 Å². The molecule has 0 amide bonds. The van der Waals surface area contributed by atoms with Gasteiger partial charge in [0.1, 0.15) is 0 Å². The maximum Gasteiger partial charge on any atom is 0.0406 e. The molecule has 0 aromatic heterocycles. The highest BCUT2D eigenvalue weighted by atomic mass is 35.5. The molecule has 1 aliphatic carbocycles. The van der Waals surface area contributed by atoms with Crippen molar-refractivity contribution in [2.24, 2.45) is 0 Å². The lowest BCUT2D eigenvalue weighted by atomic mass is 10.0. The van der Waals surface area contributed by atoms with Crippen LogP contribution in [0.25, 0.3) is 0 Å². The zero-order valence-electron chi connectivity index (χ0n) is 12.5. The Hall–Kier alpha value is -1.31. The first-order valence-electron chi connectivity index (χ1n) is 7.78. The van der Waals surface area contributed by atoms with Crippen molar-refractivity contribution in [3.63, 3.8) is 0 Å². The van der Waals surface area contributed by atoms with Gasteiger partial charge in [0.15, 0.2) is 0 Å². The van der Waals surface area contributed by atoms with E-state index >= 15 is 0 Å². The van der Waals surface area contributed by atoms with E-state index in [1.54, 1.807) is 5.56 Å². The van der Waals surface area contributed by atoms with Crippen molar-refractivity contribution in [2.45, 2.75) is 44.7 Å². The number of hydrogen-bond donors (Lipinski definition) is 1. The van der Waals surface area contributed by atoms with Crippen molar-refractivity contribution < 1.29 is 0 Å². The highest BCUT2D eigenvalue weighted by molar-refractivity contribution is 6.30. The summed E-state index contributed by atoms with van der Waals surface area (Å²) in [6.07, 6.45) is 3.75. The van der Waals surface area contributed by atoms with Crippen LogP contribution in [-0.4, -0.2) is 6.04 Å². The third-order valence-electron chi connectivity index (χ3n) is 4.17. The third kappa shape index (κ3) is 4.09. The highest BCUT2D eigenvalue weighted by Crippen LogP contribution is 2.41. The normalized spacial score (nSPS) is 15.9. The van der Waals surface area contributed by atoms with Gasteiger partial charge in [-0.05, 0) is 60.9 Å². The zero-order valence-corrected chi connectivity index (χ0v) is 13.2. The average Bonchev–Trinajstić information content (AvgIpc) is 3.32. The van der Waals surface area contributed by atoms with Crippen molar-refractivity contribution in [1.82, 2.24) is 5.32 Å². The summed E-state index contributed by atoms with van der Waals surface area (Å²) in [5.74, 6) is 0.814.